The molecule has 0 radical (unpaired) electrons. The Bertz CT molecular complexity index is 610. The monoisotopic (exact) mass is 306 g/mol. The smallest absolute Gasteiger partial charge is 0.318 e. The number of rotatable bonds is 6. The molecule has 118 valence electrons. The lowest BCUT2D eigenvalue weighted by Gasteiger charge is -2.06. The first kappa shape index (κ1) is 17.4. The summed E-state index contributed by atoms with van der Waals surface area (Å²) in [7, 11) is 0. The van der Waals surface area contributed by atoms with Gasteiger partial charge in [-0.05, 0) is 31.0 Å². The highest BCUT2D eigenvalue weighted by molar-refractivity contribution is 5.98. The van der Waals surface area contributed by atoms with E-state index in [2.05, 4.69) is 4.74 Å². The van der Waals surface area contributed by atoms with E-state index in [0.717, 1.165) is 11.1 Å². The number of esters is 1. The van der Waals surface area contributed by atoms with Crippen LogP contribution in [0.3, 0.4) is 0 Å². The van der Waals surface area contributed by atoms with Gasteiger partial charge in [0.05, 0.1) is 6.42 Å². The van der Waals surface area contributed by atoms with Gasteiger partial charge in [-0.15, -0.1) is 0 Å². The fourth-order valence-electron chi connectivity index (χ4n) is 1.67. The van der Waals surface area contributed by atoms with Gasteiger partial charge < -0.3 is 10.5 Å². The second-order valence-corrected chi connectivity index (χ2v) is 4.80. The van der Waals surface area contributed by atoms with Gasteiger partial charge in [0.15, 0.2) is 12.4 Å². The van der Waals surface area contributed by atoms with Crippen LogP contribution in [0.25, 0.3) is 0 Å². The molecule has 0 fully saturated rings. The van der Waals surface area contributed by atoms with E-state index in [1.165, 1.54) is 0 Å². The quantitative estimate of drug-likeness (QED) is 0.601. The zero-order valence-corrected chi connectivity index (χ0v) is 12.5. The number of amides is 3. The van der Waals surface area contributed by atoms with E-state index < -0.39 is 24.5 Å². The number of carbonyl (C=O) groups excluding carboxylic acids is 4. The standard InChI is InChI=1S/C15H18N2O5/c1-9-3-4-11(7-10(9)2)12(18)5-6-14(20)22-8-13(19)17-15(16)21/h3-4,7H,5-6,8H2,1-2H3,(H3,16,17,19,21). The first-order chi connectivity index (χ1) is 10.3. The molecule has 1 aromatic rings. The molecule has 0 aliphatic heterocycles. The molecule has 0 bridgehead atoms. The van der Waals surface area contributed by atoms with Crippen molar-refractivity contribution < 1.29 is 23.9 Å². The summed E-state index contributed by atoms with van der Waals surface area (Å²) in [6, 6.07) is 4.29. The Morgan fingerprint density at radius 2 is 1.77 bits per heavy atom. The second kappa shape index (κ2) is 7.92. The third kappa shape index (κ3) is 5.74. The van der Waals surface area contributed by atoms with Gasteiger partial charge in [-0.2, -0.15) is 0 Å². The van der Waals surface area contributed by atoms with Crippen molar-refractivity contribution in [1.29, 1.82) is 0 Å². The maximum atomic E-state index is 11.9. The van der Waals surface area contributed by atoms with Crippen molar-refractivity contribution in [2.45, 2.75) is 26.7 Å². The van der Waals surface area contributed by atoms with Gasteiger partial charge in [0.25, 0.3) is 5.91 Å². The molecule has 7 heteroatoms. The Balaban J connectivity index is 2.40. The molecule has 1 rings (SSSR count). The molecule has 0 aromatic heterocycles. The summed E-state index contributed by atoms with van der Waals surface area (Å²) in [4.78, 5) is 44.8. The van der Waals surface area contributed by atoms with Gasteiger partial charge >= 0.3 is 12.0 Å². The maximum absolute atomic E-state index is 11.9. The largest absolute Gasteiger partial charge is 0.456 e. The van der Waals surface area contributed by atoms with Crippen LogP contribution in [0.4, 0.5) is 4.79 Å². The predicted molar refractivity (Wildman–Crippen MR) is 78.2 cm³/mol. The number of ether oxygens (including phenoxy) is 1. The number of benzene rings is 1. The minimum Gasteiger partial charge on any atom is -0.456 e. The van der Waals surface area contributed by atoms with Gasteiger partial charge in [-0.3, -0.25) is 19.7 Å². The summed E-state index contributed by atoms with van der Waals surface area (Å²) in [5.41, 5.74) is 7.34. The number of nitrogens with one attached hydrogen (secondary N) is 1. The van der Waals surface area contributed by atoms with Crippen LogP contribution < -0.4 is 11.1 Å². The summed E-state index contributed by atoms with van der Waals surface area (Å²) in [5, 5.41) is 1.76. The van der Waals surface area contributed by atoms with Crippen LogP contribution in [0.2, 0.25) is 0 Å². The Labute approximate surface area is 127 Å². The van der Waals surface area contributed by atoms with Crippen molar-refractivity contribution in [2.24, 2.45) is 5.73 Å². The summed E-state index contributed by atoms with van der Waals surface area (Å²) in [6.45, 7) is 3.23. The predicted octanol–water partition coefficient (Wildman–Crippen LogP) is 1.00. The lowest BCUT2D eigenvalue weighted by Crippen LogP contribution is -2.37. The molecule has 7 nitrogen and oxygen atoms in total. The second-order valence-electron chi connectivity index (χ2n) is 4.80. The van der Waals surface area contributed by atoms with Crippen molar-refractivity contribution in [3.63, 3.8) is 0 Å². The SMILES string of the molecule is Cc1ccc(C(=O)CCC(=O)OCC(=O)NC(N)=O)cc1C. The Morgan fingerprint density at radius 1 is 1.09 bits per heavy atom. The molecule has 3 N–H and O–H groups in total. The van der Waals surface area contributed by atoms with E-state index >= 15 is 0 Å². The third-order valence-electron chi connectivity index (χ3n) is 3.01. The Hall–Kier alpha value is -2.70. The Kier molecular flexibility index (Phi) is 6.25. The Morgan fingerprint density at radius 3 is 2.36 bits per heavy atom. The number of aryl methyl sites for hydroxylation is 2. The molecule has 0 saturated carbocycles. The van der Waals surface area contributed by atoms with Crippen molar-refractivity contribution >= 4 is 23.7 Å². The van der Waals surface area contributed by atoms with Crippen molar-refractivity contribution in [2.75, 3.05) is 6.61 Å². The number of primary amides is 1. The van der Waals surface area contributed by atoms with Crippen LogP contribution in [0.5, 0.6) is 0 Å². The molecule has 1 aromatic carbocycles. The van der Waals surface area contributed by atoms with Crippen LogP contribution in [-0.4, -0.2) is 30.3 Å². The average molecular weight is 306 g/mol. The van der Waals surface area contributed by atoms with Crippen LogP contribution in [0, 0.1) is 13.8 Å². The van der Waals surface area contributed by atoms with Gasteiger partial charge in [0, 0.05) is 12.0 Å². The average Bonchev–Trinajstić information content (AvgIpc) is 2.44. The van der Waals surface area contributed by atoms with Crippen molar-refractivity contribution in [3.8, 4) is 0 Å². The van der Waals surface area contributed by atoms with E-state index in [4.69, 9.17) is 5.73 Å². The van der Waals surface area contributed by atoms with Crippen molar-refractivity contribution in [1.82, 2.24) is 5.32 Å². The van der Waals surface area contributed by atoms with Crippen LogP contribution in [0.15, 0.2) is 18.2 Å². The molecular weight excluding hydrogens is 288 g/mol. The van der Waals surface area contributed by atoms with E-state index in [1.807, 2.05) is 19.9 Å². The summed E-state index contributed by atoms with van der Waals surface area (Å²) < 4.78 is 4.62. The number of hydrogen-bond acceptors (Lipinski definition) is 5. The van der Waals surface area contributed by atoms with Gasteiger partial charge in [-0.25, -0.2) is 4.79 Å². The van der Waals surface area contributed by atoms with E-state index in [-0.39, 0.29) is 18.6 Å². The molecule has 0 spiro atoms. The fraction of sp³-hybridized carbons (Fsp3) is 0.333. The number of hydrogen-bond donors (Lipinski definition) is 2. The molecule has 0 saturated heterocycles. The van der Waals surface area contributed by atoms with Crippen molar-refractivity contribution in [3.05, 3.63) is 34.9 Å². The van der Waals surface area contributed by atoms with Crippen LogP contribution in [-0.2, 0) is 14.3 Å². The van der Waals surface area contributed by atoms with Crippen LogP contribution in [0.1, 0.15) is 34.3 Å². The zero-order valence-electron chi connectivity index (χ0n) is 12.5. The third-order valence-corrected chi connectivity index (χ3v) is 3.01. The molecule has 3 amide bonds. The number of imide groups is 1. The molecule has 0 aliphatic carbocycles. The van der Waals surface area contributed by atoms with E-state index in [0.29, 0.717) is 5.56 Å². The molecular formula is C15H18N2O5. The molecule has 0 heterocycles. The number of nitrogens with two attached hydrogens (primary N) is 1. The summed E-state index contributed by atoms with van der Waals surface area (Å²) in [6.07, 6.45) is -0.158. The first-order valence-corrected chi connectivity index (χ1v) is 6.65. The van der Waals surface area contributed by atoms with Gasteiger partial charge in [0.2, 0.25) is 0 Å². The highest BCUT2D eigenvalue weighted by atomic mass is 16.5. The summed E-state index contributed by atoms with van der Waals surface area (Å²) in [5.74, 6) is -1.69. The molecule has 0 unspecified atom stereocenters. The highest BCUT2D eigenvalue weighted by Gasteiger charge is 2.13. The van der Waals surface area contributed by atoms with E-state index in [1.54, 1.807) is 17.4 Å². The summed E-state index contributed by atoms with van der Waals surface area (Å²) >= 11 is 0. The van der Waals surface area contributed by atoms with E-state index in [9.17, 15) is 19.2 Å². The fourth-order valence-corrected chi connectivity index (χ4v) is 1.67. The van der Waals surface area contributed by atoms with Gasteiger partial charge in [0.1, 0.15) is 0 Å². The van der Waals surface area contributed by atoms with Crippen LogP contribution >= 0.6 is 0 Å². The maximum Gasteiger partial charge on any atom is 0.318 e. The number of urea groups is 1. The minimum atomic E-state index is -1.02. The lowest BCUT2D eigenvalue weighted by atomic mass is 10.0. The first-order valence-electron chi connectivity index (χ1n) is 6.65. The normalized spacial score (nSPS) is 9.91. The minimum absolute atomic E-state index is 0.0151. The van der Waals surface area contributed by atoms with Gasteiger partial charge in [-0.1, -0.05) is 12.1 Å². The molecule has 22 heavy (non-hydrogen) atoms. The molecule has 0 atom stereocenters. The highest BCUT2D eigenvalue weighted by Crippen LogP contribution is 2.12. The number of carbonyl (C=O) groups is 4. The number of ketones is 1. The zero-order chi connectivity index (χ0) is 16.7. The molecule has 0 aliphatic rings. The lowest BCUT2D eigenvalue weighted by molar-refractivity contribution is -0.148. The number of Topliss-reactive ketones (excluding diaryl/α,β-unsaturated/α-hetero) is 1. The topological polar surface area (TPSA) is 116 Å².